The van der Waals surface area contributed by atoms with Gasteiger partial charge in [-0.3, -0.25) is 14.6 Å². The monoisotopic (exact) mass is 526 g/mol. The number of nitrogens with one attached hydrogen (secondary N) is 1. The SMILES string of the molecule is CCOC(=O)C1=C(CN2CCN(C(=O)c3cccc(F)c3)[C@@H](C)C2)N(CC)C(=O)N[C@H]1c1ccccc1F. The number of carbonyl (C=O) groups excluding carboxylic acids is 3. The molecule has 0 aliphatic carbocycles. The van der Waals surface area contributed by atoms with Crippen LogP contribution in [0.1, 0.15) is 42.7 Å². The largest absolute Gasteiger partial charge is 0.463 e. The fourth-order valence-electron chi connectivity index (χ4n) is 5.08. The Morgan fingerprint density at radius 3 is 2.50 bits per heavy atom. The van der Waals surface area contributed by atoms with E-state index >= 15 is 0 Å². The van der Waals surface area contributed by atoms with Crippen molar-refractivity contribution in [1.29, 1.82) is 0 Å². The van der Waals surface area contributed by atoms with E-state index in [4.69, 9.17) is 4.74 Å². The van der Waals surface area contributed by atoms with Crippen LogP contribution < -0.4 is 5.32 Å². The summed E-state index contributed by atoms with van der Waals surface area (Å²) in [7, 11) is 0. The topological polar surface area (TPSA) is 82.2 Å². The number of carbonyl (C=O) groups is 3. The highest BCUT2D eigenvalue weighted by Crippen LogP contribution is 2.33. The third kappa shape index (κ3) is 5.55. The van der Waals surface area contributed by atoms with Gasteiger partial charge in [-0.05, 0) is 45.0 Å². The quantitative estimate of drug-likeness (QED) is 0.557. The van der Waals surface area contributed by atoms with E-state index in [-0.39, 0.29) is 41.8 Å². The van der Waals surface area contributed by atoms with Crippen molar-refractivity contribution in [3.63, 3.8) is 0 Å². The van der Waals surface area contributed by atoms with E-state index in [1.165, 1.54) is 35.2 Å². The van der Waals surface area contributed by atoms with E-state index in [2.05, 4.69) is 5.32 Å². The van der Waals surface area contributed by atoms with Gasteiger partial charge in [0.1, 0.15) is 11.6 Å². The van der Waals surface area contributed by atoms with Crippen molar-refractivity contribution in [3.05, 3.63) is 82.6 Å². The lowest BCUT2D eigenvalue weighted by atomic mass is 9.93. The first-order valence-electron chi connectivity index (χ1n) is 12.8. The summed E-state index contributed by atoms with van der Waals surface area (Å²) < 4.78 is 33.8. The Hall–Kier alpha value is -3.79. The van der Waals surface area contributed by atoms with Gasteiger partial charge in [-0.25, -0.2) is 18.4 Å². The van der Waals surface area contributed by atoms with Crippen molar-refractivity contribution in [3.8, 4) is 0 Å². The molecule has 0 bridgehead atoms. The van der Waals surface area contributed by atoms with Gasteiger partial charge in [0, 0.05) is 55.6 Å². The van der Waals surface area contributed by atoms with Crippen molar-refractivity contribution >= 4 is 17.9 Å². The van der Waals surface area contributed by atoms with Gasteiger partial charge in [0.15, 0.2) is 0 Å². The van der Waals surface area contributed by atoms with Gasteiger partial charge < -0.3 is 15.0 Å². The molecule has 10 heteroatoms. The molecule has 2 aromatic rings. The van der Waals surface area contributed by atoms with Gasteiger partial charge in [-0.2, -0.15) is 0 Å². The zero-order valence-electron chi connectivity index (χ0n) is 21.7. The summed E-state index contributed by atoms with van der Waals surface area (Å²) >= 11 is 0. The number of nitrogens with zero attached hydrogens (tertiary/aromatic N) is 3. The van der Waals surface area contributed by atoms with Crippen LogP contribution in [0.25, 0.3) is 0 Å². The molecule has 1 saturated heterocycles. The summed E-state index contributed by atoms with van der Waals surface area (Å²) in [5.74, 6) is -1.89. The molecular weight excluding hydrogens is 494 g/mol. The number of rotatable bonds is 7. The predicted octanol–water partition coefficient (Wildman–Crippen LogP) is 3.71. The first kappa shape index (κ1) is 27.3. The minimum absolute atomic E-state index is 0.123. The Morgan fingerprint density at radius 1 is 1.08 bits per heavy atom. The second-order valence-corrected chi connectivity index (χ2v) is 9.32. The van der Waals surface area contributed by atoms with E-state index in [0.29, 0.717) is 31.9 Å². The fraction of sp³-hybridized carbons (Fsp3) is 0.393. The molecule has 0 radical (unpaired) electrons. The smallest absolute Gasteiger partial charge is 0.338 e. The minimum atomic E-state index is -1.01. The number of hydrogen-bond acceptors (Lipinski definition) is 5. The lowest BCUT2D eigenvalue weighted by Crippen LogP contribution is -2.56. The van der Waals surface area contributed by atoms with Crippen LogP contribution in [0.3, 0.4) is 0 Å². The standard InChI is InChI=1S/C28H32F2N4O4/c1-4-33-23(17-32-13-14-34(18(3)16-32)26(35)19-9-8-10-20(29)15-19)24(27(36)38-5-2)25(31-28(33)37)21-11-6-7-12-22(21)30/h6-12,15,18,25H,4-5,13-14,16-17H2,1-3H3,(H,31,37)/t18-,25-/m0/s1. The van der Waals surface area contributed by atoms with Gasteiger partial charge in [0.25, 0.3) is 5.91 Å². The Balaban J connectivity index is 1.64. The number of likely N-dealkylation sites (N-methyl/N-ethyl adjacent to an activating group) is 1. The third-order valence-electron chi connectivity index (χ3n) is 6.88. The van der Waals surface area contributed by atoms with E-state index in [0.717, 1.165) is 0 Å². The molecule has 3 amide bonds. The van der Waals surface area contributed by atoms with Crippen molar-refractivity contribution < 1.29 is 27.9 Å². The Labute approximate surface area is 220 Å². The highest BCUT2D eigenvalue weighted by molar-refractivity contribution is 5.95. The molecule has 2 atom stereocenters. The molecule has 4 rings (SSSR count). The minimum Gasteiger partial charge on any atom is -0.463 e. The zero-order chi connectivity index (χ0) is 27.4. The molecule has 2 heterocycles. The molecule has 8 nitrogen and oxygen atoms in total. The average Bonchev–Trinajstić information content (AvgIpc) is 2.88. The van der Waals surface area contributed by atoms with Gasteiger partial charge in [-0.15, -0.1) is 0 Å². The average molecular weight is 527 g/mol. The summed E-state index contributed by atoms with van der Waals surface area (Å²) in [4.78, 5) is 44.5. The maximum atomic E-state index is 14.8. The Morgan fingerprint density at radius 2 is 1.84 bits per heavy atom. The lowest BCUT2D eigenvalue weighted by Gasteiger charge is -2.43. The van der Waals surface area contributed by atoms with Gasteiger partial charge in [0.2, 0.25) is 0 Å². The molecule has 202 valence electrons. The zero-order valence-corrected chi connectivity index (χ0v) is 21.7. The number of hydrogen-bond donors (Lipinski definition) is 1. The lowest BCUT2D eigenvalue weighted by molar-refractivity contribution is -0.139. The van der Waals surface area contributed by atoms with Crippen LogP contribution in [0.5, 0.6) is 0 Å². The molecule has 38 heavy (non-hydrogen) atoms. The molecule has 1 fully saturated rings. The Bertz CT molecular complexity index is 1250. The molecule has 0 unspecified atom stereocenters. The van der Waals surface area contributed by atoms with Crippen LogP contribution in [0, 0.1) is 11.6 Å². The number of urea groups is 1. The fourth-order valence-corrected chi connectivity index (χ4v) is 5.08. The van der Waals surface area contributed by atoms with Crippen molar-refractivity contribution in [2.45, 2.75) is 32.9 Å². The summed E-state index contributed by atoms with van der Waals surface area (Å²) in [5, 5.41) is 2.77. The van der Waals surface area contributed by atoms with Crippen LogP contribution >= 0.6 is 0 Å². The van der Waals surface area contributed by atoms with E-state index in [1.807, 2.05) is 11.8 Å². The third-order valence-corrected chi connectivity index (χ3v) is 6.88. The number of ether oxygens (including phenoxy) is 1. The van der Waals surface area contributed by atoms with Crippen molar-refractivity contribution in [2.24, 2.45) is 0 Å². The van der Waals surface area contributed by atoms with Crippen LogP contribution in [0.2, 0.25) is 0 Å². The number of halogens is 2. The first-order chi connectivity index (χ1) is 18.2. The first-order valence-corrected chi connectivity index (χ1v) is 12.8. The van der Waals surface area contributed by atoms with Crippen LogP contribution in [0.15, 0.2) is 59.8 Å². The van der Waals surface area contributed by atoms with Gasteiger partial charge >= 0.3 is 12.0 Å². The second-order valence-electron chi connectivity index (χ2n) is 9.32. The van der Waals surface area contributed by atoms with Crippen molar-refractivity contribution in [1.82, 2.24) is 20.0 Å². The number of esters is 1. The predicted molar refractivity (Wildman–Crippen MR) is 137 cm³/mol. The molecule has 2 aliphatic heterocycles. The maximum absolute atomic E-state index is 14.8. The van der Waals surface area contributed by atoms with Crippen LogP contribution in [-0.4, -0.2) is 78.0 Å². The normalized spacial score (nSPS) is 20.4. The highest BCUT2D eigenvalue weighted by Gasteiger charge is 2.40. The van der Waals surface area contributed by atoms with Crippen LogP contribution in [0.4, 0.5) is 13.6 Å². The molecule has 0 aromatic heterocycles. The van der Waals surface area contributed by atoms with Gasteiger partial charge in [-0.1, -0.05) is 24.3 Å². The maximum Gasteiger partial charge on any atom is 0.338 e. The molecule has 2 aliphatic rings. The van der Waals surface area contributed by atoms with E-state index in [9.17, 15) is 23.2 Å². The molecule has 0 spiro atoms. The number of piperazine rings is 1. The number of benzene rings is 2. The molecule has 0 saturated carbocycles. The molecule has 1 N–H and O–H groups in total. The summed E-state index contributed by atoms with van der Waals surface area (Å²) in [5.41, 5.74) is 1.09. The Kier molecular flexibility index (Phi) is 8.41. The van der Waals surface area contributed by atoms with Crippen molar-refractivity contribution in [2.75, 3.05) is 39.3 Å². The highest BCUT2D eigenvalue weighted by atomic mass is 19.1. The molecule has 2 aromatic carbocycles. The van der Waals surface area contributed by atoms with Gasteiger partial charge in [0.05, 0.1) is 18.2 Å². The molecular formula is C28H32F2N4O4. The van der Waals surface area contributed by atoms with E-state index in [1.54, 1.807) is 36.9 Å². The summed E-state index contributed by atoms with van der Waals surface area (Å²) in [6, 6.07) is 9.98. The number of amides is 3. The van der Waals surface area contributed by atoms with Crippen LogP contribution in [-0.2, 0) is 9.53 Å². The van der Waals surface area contributed by atoms with E-state index < -0.39 is 29.7 Å². The summed E-state index contributed by atoms with van der Waals surface area (Å²) in [6.07, 6.45) is 0. The summed E-state index contributed by atoms with van der Waals surface area (Å²) in [6.45, 7) is 7.34. The second kappa shape index (κ2) is 11.7.